The van der Waals surface area contributed by atoms with E-state index in [1.54, 1.807) is 6.07 Å². The molecule has 3 aromatic rings. The zero-order chi connectivity index (χ0) is 19.1. The Morgan fingerprint density at radius 2 is 1.85 bits per heavy atom. The van der Waals surface area contributed by atoms with Gasteiger partial charge < -0.3 is 10.0 Å². The Morgan fingerprint density at radius 3 is 2.48 bits per heavy atom. The number of benzene rings is 2. The minimum absolute atomic E-state index is 0.120. The average molecular weight is 369 g/mol. The molecule has 1 aliphatic rings. The first kappa shape index (κ1) is 17.3. The van der Waals surface area contributed by atoms with Crippen LogP contribution in [0.3, 0.4) is 0 Å². The van der Waals surface area contributed by atoms with E-state index in [1.807, 2.05) is 11.9 Å². The molecule has 7 heteroatoms. The highest BCUT2D eigenvalue weighted by Crippen LogP contribution is 2.35. The normalized spacial score (nSPS) is 14.2. The summed E-state index contributed by atoms with van der Waals surface area (Å²) in [5.41, 5.74) is 1.92. The van der Waals surface area contributed by atoms with Gasteiger partial charge >= 0.3 is 5.97 Å². The van der Waals surface area contributed by atoms with Crippen molar-refractivity contribution in [1.82, 2.24) is 9.97 Å². The molecule has 1 saturated carbocycles. The second-order valence-electron chi connectivity index (χ2n) is 6.73. The number of fused-ring (bicyclic) bond motifs is 1. The van der Waals surface area contributed by atoms with E-state index in [-0.39, 0.29) is 5.56 Å². The number of halogens is 2. The van der Waals surface area contributed by atoms with Crippen molar-refractivity contribution in [1.29, 1.82) is 0 Å². The Bertz CT molecular complexity index is 1050. The van der Waals surface area contributed by atoms with Gasteiger partial charge in [-0.05, 0) is 55.7 Å². The van der Waals surface area contributed by atoms with E-state index in [4.69, 9.17) is 0 Å². The van der Waals surface area contributed by atoms with Crippen LogP contribution in [0.25, 0.3) is 22.3 Å². The van der Waals surface area contributed by atoms with Crippen molar-refractivity contribution >= 4 is 22.8 Å². The summed E-state index contributed by atoms with van der Waals surface area (Å²) in [5, 5.41) is 9.21. The lowest BCUT2D eigenvalue weighted by molar-refractivity contribution is 0.0697. The summed E-state index contributed by atoms with van der Waals surface area (Å²) in [7, 11) is 1.89. The number of hydrogen-bond acceptors (Lipinski definition) is 4. The lowest BCUT2D eigenvalue weighted by Gasteiger charge is -2.36. The van der Waals surface area contributed by atoms with Crippen molar-refractivity contribution in [2.75, 3.05) is 11.9 Å². The Kier molecular flexibility index (Phi) is 4.22. The predicted octanol–water partition coefficient (Wildman–Crippen LogP) is 4.26. The first-order valence-corrected chi connectivity index (χ1v) is 8.67. The Hall–Kier alpha value is -3.09. The third-order valence-corrected chi connectivity index (χ3v) is 5.04. The standard InChI is InChI=1S/C20H17F2N3O2/c1-25(13-3-2-4-13)19-18(11-5-7-14(21)15(22)9-11)23-16-8-6-12(20(26)27)10-17(16)24-19/h5-10,13H,2-4H2,1H3,(H,26,27). The zero-order valence-corrected chi connectivity index (χ0v) is 14.6. The maximum Gasteiger partial charge on any atom is 0.335 e. The maximum atomic E-state index is 13.8. The molecule has 1 N–H and O–H groups in total. The van der Waals surface area contributed by atoms with Crippen molar-refractivity contribution in [2.24, 2.45) is 0 Å². The van der Waals surface area contributed by atoms with Gasteiger partial charge in [0.2, 0.25) is 0 Å². The fraction of sp³-hybridized carbons (Fsp3) is 0.250. The number of aromatic carboxylic acids is 1. The minimum atomic E-state index is -1.04. The van der Waals surface area contributed by atoms with Gasteiger partial charge in [-0.3, -0.25) is 0 Å². The third-order valence-electron chi connectivity index (χ3n) is 5.04. The molecule has 1 fully saturated rings. The number of carboxylic acids is 1. The molecule has 27 heavy (non-hydrogen) atoms. The molecule has 2 aromatic carbocycles. The average Bonchev–Trinajstić information content (AvgIpc) is 2.61. The summed E-state index contributed by atoms with van der Waals surface area (Å²) in [6, 6.07) is 8.43. The number of hydrogen-bond donors (Lipinski definition) is 1. The summed E-state index contributed by atoms with van der Waals surface area (Å²) in [6.07, 6.45) is 3.16. The largest absolute Gasteiger partial charge is 0.478 e. The fourth-order valence-corrected chi connectivity index (χ4v) is 3.21. The first-order chi connectivity index (χ1) is 12.9. The molecule has 0 saturated heterocycles. The molecular formula is C20H17F2N3O2. The van der Waals surface area contributed by atoms with Crippen LogP contribution in [0.4, 0.5) is 14.6 Å². The van der Waals surface area contributed by atoms with Gasteiger partial charge in [0, 0.05) is 18.7 Å². The van der Waals surface area contributed by atoms with Crippen LogP contribution in [-0.4, -0.2) is 34.1 Å². The fourth-order valence-electron chi connectivity index (χ4n) is 3.21. The summed E-state index contributed by atoms with van der Waals surface area (Å²) in [6.45, 7) is 0. The van der Waals surface area contributed by atoms with E-state index in [0.717, 1.165) is 31.4 Å². The van der Waals surface area contributed by atoms with E-state index < -0.39 is 17.6 Å². The molecule has 0 bridgehead atoms. The Balaban J connectivity index is 1.92. The number of anilines is 1. The highest BCUT2D eigenvalue weighted by Gasteiger charge is 2.26. The molecule has 0 aliphatic heterocycles. The van der Waals surface area contributed by atoms with Gasteiger partial charge in [0.05, 0.1) is 16.6 Å². The maximum absolute atomic E-state index is 13.8. The molecule has 4 rings (SSSR count). The Morgan fingerprint density at radius 1 is 1.07 bits per heavy atom. The summed E-state index contributed by atoms with van der Waals surface area (Å²) in [5.74, 6) is -2.39. The topological polar surface area (TPSA) is 66.3 Å². The second kappa shape index (κ2) is 6.57. The SMILES string of the molecule is CN(c1nc2cc(C(=O)O)ccc2nc1-c1ccc(F)c(F)c1)C1CCC1. The highest BCUT2D eigenvalue weighted by molar-refractivity contribution is 5.93. The van der Waals surface area contributed by atoms with Crippen LogP contribution < -0.4 is 4.90 Å². The number of rotatable bonds is 4. The molecular weight excluding hydrogens is 352 g/mol. The van der Waals surface area contributed by atoms with Crippen LogP contribution in [0.15, 0.2) is 36.4 Å². The smallest absolute Gasteiger partial charge is 0.335 e. The van der Waals surface area contributed by atoms with Crippen LogP contribution in [0, 0.1) is 11.6 Å². The first-order valence-electron chi connectivity index (χ1n) is 8.67. The minimum Gasteiger partial charge on any atom is -0.478 e. The van der Waals surface area contributed by atoms with Crippen molar-refractivity contribution in [2.45, 2.75) is 25.3 Å². The molecule has 138 valence electrons. The monoisotopic (exact) mass is 369 g/mol. The molecule has 5 nitrogen and oxygen atoms in total. The van der Waals surface area contributed by atoms with Crippen molar-refractivity contribution in [3.63, 3.8) is 0 Å². The van der Waals surface area contributed by atoms with Crippen LogP contribution in [-0.2, 0) is 0 Å². The van der Waals surface area contributed by atoms with Crippen molar-refractivity contribution in [3.05, 3.63) is 53.6 Å². The van der Waals surface area contributed by atoms with Gasteiger partial charge in [-0.25, -0.2) is 23.5 Å². The zero-order valence-electron chi connectivity index (χ0n) is 14.6. The third kappa shape index (κ3) is 3.09. The van der Waals surface area contributed by atoms with Crippen LogP contribution in [0.2, 0.25) is 0 Å². The number of carbonyl (C=O) groups is 1. The summed E-state index contributed by atoms with van der Waals surface area (Å²) < 4.78 is 27.1. The van der Waals surface area contributed by atoms with E-state index in [0.29, 0.717) is 34.2 Å². The summed E-state index contributed by atoms with van der Waals surface area (Å²) >= 11 is 0. The van der Waals surface area contributed by atoms with Crippen LogP contribution >= 0.6 is 0 Å². The molecule has 0 amide bonds. The Labute approximate surface area is 154 Å². The van der Waals surface area contributed by atoms with Crippen molar-refractivity contribution in [3.8, 4) is 11.3 Å². The lowest BCUT2D eigenvalue weighted by atomic mass is 9.91. The van der Waals surface area contributed by atoms with Crippen LogP contribution in [0.5, 0.6) is 0 Å². The van der Waals surface area contributed by atoms with Crippen LogP contribution in [0.1, 0.15) is 29.6 Å². The summed E-state index contributed by atoms with van der Waals surface area (Å²) in [4.78, 5) is 22.5. The number of carboxylic acid groups (broad SMARTS) is 1. The van der Waals surface area contributed by atoms with Gasteiger partial charge in [0.25, 0.3) is 0 Å². The van der Waals surface area contributed by atoms with E-state index in [1.165, 1.54) is 18.2 Å². The number of aromatic nitrogens is 2. The predicted molar refractivity (Wildman–Crippen MR) is 97.9 cm³/mol. The quantitative estimate of drug-likeness (QED) is 0.744. The molecule has 0 radical (unpaired) electrons. The van der Waals surface area contributed by atoms with E-state index in [9.17, 15) is 18.7 Å². The van der Waals surface area contributed by atoms with Gasteiger partial charge in [-0.15, -0.1) is 0 Å². The molecule has 1 heterocycles. The van der Waals surface area contributed by atoms with Gasteiger partial charge in [-0.1, -0.05) is 0 Å². The lowest BCUT2D eigenvalue weighted by Crippen LogP contribution is -2.38. The second-order valence-corrected chi connectivity index (χ2v) is 6.73. The molecule has 0 unspecified atom stereocenters. The van der Waals surface area contributed by atoms with Gasteiger partial charge in [0.1, 0.15) is 5.69 Å². The van der Waals surface area contributed by atoms with Gasteiger partial charge in [0.15, 0.2) is 17.5 Å². The molecule has 0 spiro atoms. The van der Waals surface area contributed by atoms with E-state index >= 15 is 0 Å². The molecule has 0 atom stereocenters. The highest BCUT2D eigenvalue weighted by atomic mass is 19.2. The molecule has 1 aromatic heterocycles. The molecule has 1 aliphatic carbocycles. The number of nitrogens with zero attached hydrogens (tertiary/aromatic N) is 3. The van der Waals surface area contributed by atoms with Gasteiger partial charge in [-0.2, -0.15) is 0 Å². The van der Waals surface area contributed by atoms with E-state index in [2.05, 4.69) is 9.97 Å². The van der Waals surface area contributed by atoms with Crippen molar-refractivity contribution < 1.29 is 18.7 Å².